The molecule has 1 saturated heterocycles. The second-order valence-electron chi connectivity index (χ2n) is 10.8. The third-order valence-corrected chi connectivity index (χ3v) is 7.88. The van der Waals surface area contributed by atoms with Crippen LogP contribution in [0.15, 0.2) is 42.5 Å². The lowest BCUT2D eigenvalue weighted by atomic mass is 9.84. The number of Topliss-reactive ketones (excluding diaryl/α,β-unsaturated/α-hetero) is 2. The number of carbonyl (C=O) groups excluding carboxylic acids is 4. The van der Waals surface area contributed by atoms with Crippen LogP contribution in [0.25, 0.3) is 0 Å². The number of nitrogens with one attached hydrogen (secondary N) is 2. The fourth-order valence-corrected chi connectivity index (χ4v) is 5.61. The van der Waals surface area contributed by atoms with Gasteiger partial charge in [0.25, 0.3) is 0 Å². The number of hydrogen-bond acceptors (Lipinski definition) is 5. The molecule has 2 aromatic rings. The number of urea groups is 1. The third-order valence-electron chi connectivity index (χ3n) is 7.88. The molecule has 1 saturated carbocycles. The Morgan fingerprint density at radius 2 is 1.62 bits per heavy atom. The topological polar surface area (TPSA) is 98.8 Å². The van der Waals surface area contributed by atoms with Gasteiger partial charge in [0, 0.05) is 49.0 Å². The average molecular weight is 537 g/mol. The Morgan fingerprint density at radius 3 is 2.26 bits per heavy atom. The number of rotatable bonds is 8. The van der Waals surface area contributed by atoms with E-state index in [2.05, 4.69) is 15.5 Å². The van der Waals surface area contributed by atoms with Gasteiger partial charge in [-0.25, -0.2) is 9.18 Å². The average Bonchev–Trinajstić information content (AvgIpc) is 2.89. The van der Waals surface area contributed by atoms with Gasteiger partial charge in [-0.2, -0.15) is 0 Å². The monoisotopic (exact) mass is 536 g/mol. The predicted octanol–water partition coefficient (Wildman–Crippen LogP) is 4.30. The number of benzene rings is 2. The third kappa shape index (κ3) is 7.50. The Labute approximate surface area is 228 Å². The number of nitrogens with zero attached hydrogens (tertiary/aromatic N) is 2. The minimum atomic E-state index is -0.384. The standard InChI is InChI=1S/C30H37FN4O4/c1-19(36)23-13-24(20(2)37)15-26(14-23)32-30(39)33-28-7-5-4-6-22(28)16-35-17-27(34(3)29(38)18-35)12-21-8-10-25(31)11-9-21/h8-11,13-15,22,27-28H,4-7,12,16-18H2,1-3H3,(H2,32,33,39)/t22-,27-,28+/m0/s1. The van der Waals surface area contributed by atoms with Crippen LogP contribution in [0.2, 0.25) is 0 Å². The Balaban J connectivity index is 1.40. The van der Waals surface area contributed by atoms with Crippen LogP contribution in [-0.2, 0) is 11.2 Å². The largest absolute Gasteiger partial charge is 0.340 e. The van der Waals surface area contributed by atoms with Crippen LogP contribution in [0, 0.1) is 11.7 Å². The van der Waals surface area contributed by atoms with Crippen molar-refractivity contribution >= 4 is 29.2 Å². The molecule has 0 bridgehead atoms. The molecule has 39 heavy (non-hydrogen) atoms. The van der Waals surface area contributed by atoms with E-state index in [9.17, 15) is 23.6 Å². The second-order valence-corrected chi connectivity index (χ2v) is 10.8. The highest BCUT2D eigenvalue weighted by Gasteiger charge is 2.34. The van der Waals surface area contributed by atoms with E-state index < -0.39 is 0 Å². The lowest BCUT2D eigenvalue weighted by molar-refractivity contribution is -0.138. The van der Waals surface area contributed by atoms with Crippen LogP contribution >= 0.6 is 0 Å². The molecule has 1 aliphatic carbocycles. The van der Waals surface area contributed by atoms with E-state index in [4.69, 9.17) is 0 Å². The van der Waals surface area contributed by atoms with Crippen molar-refractivity contribution in [2.24, 2.45) is 5.92 Å². The van der Waals surface area contributed by atoms with Crippen LogP contribution in [0.4, 0.5) is 14.9 Å². The molecule has 8 nitrogen and oxygen atoms in total. The van der Waals surface area contributed by atoms with Crippen molar-refractivity contribution < 1.29 is 23.6 Å². The van der Waals surface area contributed by atoms with Gasteiger partial charge in [0.1, 0.15) is 5.82 Å². The first-order valence-electron chi connectivity index (χ1n) is 13.6. The van der Waals surface area contributed by atoms with Crippen LogP contribution in [0.3, 0.4) is 0 Å². The van der Waals surface area contributed by atoms with E-state index in [-0.39, 0.29) is 47.3 Å². The Kier molecular flexibility index (Phi) is 9.12. The molecule has 2 N–H and O–H groups in total. The van der Waals surface area contributed by atoms with Crippen LogP contribution in [0.1, 0.15) is 65.8 Å². The van der Waals surface area contributed by atoms with Crippen molar-refractivity contribution in [3.63, 3.8) is 0 Å². The fraction of sp³-hybridized carbons (Fsp3) is 0.467. The number of ketones is 2. The summed E-state index contributed by atoms with van der Waals surface area (Å²) >= 11 is 0. The highest BCUT2D eigenvalue weighted by atomic mass is 19.1. The van der Waals surface area contributed by atoms with Gasteiger partial charge in [-0.3, -0.25) is 19.3 Å². The molecule has 208 valence electrons. The van der Waals surface area contributed by atoms with Gasteiger partial charge in [0.15, 0.2) is 11.6 Å². The van der Waals surface area contributed by atoms with Gasteiger partial charge in [0.05, 0.1) is 6.54 Å². The molecular formula is C30H37FN4O4. The lowest BCUT2D eigenvalue weighted by Crippen LogP contribution is -2.57. The number of anilines is 1. The predicted molar refractivity (Wildman–Crippen MR) is 147 cm³/mol. The molecule has 2 aromatic carbocycles. The normalized spacial score (nSPS) is 21.9. The molecule has 2 fully saturated rings. The molecule has 0 aromatic heterocycles. The van der Waals surface area contributed by atoms with E-state index >= 15 is 0 Å². The van der Waals surface area contributed by atoms with Crippen LogP contribution in [0.5, 0.6) is 0 Å². The molecule has 2 aliphatic rings. The quantitative estimate of drug-likeness (QED) is 0.491. The summed E-state index contributed by atoms with van der Waals surface area (Å²) in [6, 6.07) is 10.6. The zero-order valence-corrected chi connectivity index (χ0v) is 22.8. The highest BCUT2D eigenvalue weighted by molar-refractivity contribution is 6.02. The van der Waals surface area contributed by atoms with Crippen molar-refractivity contribution in [3.05, 3.63) is 65.0 Å². The molecule has 3 atom stereocenters. The summed E-state index contributed by atoms with van der Waals surface area (Å²) in [7, 11) is 1.82. The fourth-order valence-electron chi connectivity index (χ4n) is 5.61. The van der Waals surface area contributed by atoms with Gasteiger partial charge in [-0.15, -0.1) is 0 Å². The van der Waals surface area contributed by atoms with Crippen molar-refractivity contribution in [2.45, 2.75) is 58.0 Å². The van der Waals surface area contributed by atoms with Gasteiger partial charge >= 0.3 is 6.03 Å². The molecule has 4 rings (SSSR count). The first kappa shape index (κ1) is 28.4. The molecule has 3 amide bonds. The molecule has 0 unspecified atom stereocenters. The summed E-state index contributed by atoms with van der Waals surface area (Å²) in [6.45, 7) is 4.57. The number of hydrogen-bond donors (Lipinski definition) is 2. The minimum absolute atomic E-state index is 0.0148. The van der Waals surface area contributed by atoms with E-state index in [0.717, 1.165) is 31.2 Å². The van der Waals surface area contributed by atoms with E-state index in [1.165, 1.54) is 32.0 Å². The SMILES string of the molecule is CC(=O)c1cc(NC(=O)N[C@@H]2CCCC[C@H]2CN2CC(=O)N(C)[C@@H](Cc3ccc(F)cc3)C2)cc(C(C)=O)c1. The van der Waals surface area contributed by atoms with E-state index in [0.29, 0.717) is 42.9 Å². The Bertz CT molecular complexity index is 1200. The maximum absolute atomic E-state index is 13.3. The zero-order chi connectivity index (χ0) is 28.1. The summed E-state index contributed by atoms with van der Waals surface area (Å²) in [5.41, 5.74) is 2.11. The van der Waals surface area contributed by atoms with Crippen molar-refractivity contribution in [3.8, 4) is 0 Å². The highest BCUT2D eigenvalue weighted by Crippen LogP contribution is 2.27. The van der Waals surface area contributed by atoms with Gasteiger partial charge in [-0.05, 0) is 74.9 Å². The Hall–Kier alpha value is -3.59. The maximum atomic E-state index is 13.3. The number of amides is 3. The van der Waals surface area contributed by atoms with E-state index in [1.807, 2.05) is 7.05 Å². The smallest absolute Gasteiger partial charge is 0.319 e. The molecule has 0 radical (unpaired) electrons. The Morgan fingerprint density at radius 1 is 0.974 bits per heavy atom. The summed E-state index contributed by atoms with van der Waals surface area (Å²) in [4.78, 5) is 53.5. The van der Waals surface area contributed by atoms with Gasteiger partial charge < -0.3 is 15.5 Å². The van der Waals surface area contributed by atoms with Crippen LogP contribution in [-0.4, -0.2) is 72.1 Å². The first-order chi connectivity index (χ1) is 18.6. The summed E-state index contributed by atoms with van der Waals surface area (Å²) in [5, 5.41) is 5.90. The van der Waals surface area contributed by atoms with Crippen molar-refractivity contribution in [1.82, 2.24) is 15.1 Å². The summed E-state index contributed by atoms with van der Waals surface area (Å²) in [6.07, 6.45) is 4.50. The number of piperazine rings is 1. The molecule has 1 aliphatic heterocycles. The lowest BCUT2D eigenvalue weighted by Gasteiger charge is -2.42. The number of halogens is 1. The minimum Gasteiger partial charge on any atom is -0.340 e. The van der Waals surface area contributed by atoms with Crippen molar-refractivity contribution in [1.29, 1.82) is 0 Å². The summed E-state index contributed by atoms with van der Waals surface area (Å²) in [5.74, 6) is -0.414. The number of likely N-dealkylation sites (N-methyl/N-ethyl adjacent to an activating group) is 1. The second kappa shape index (κ2) is 12.5. The molecular weight excluding hydrogens is 499 g/mol. The van der Waals surface area contributed by atoms with Gasteiger partial charge in [0.2, 0.25) is 5.91 Å². The summed E-state index contributed by atoms with van der Waals surface area (Å²) < 4.78 is 13.3. The zero-order valence-electron chi connectivity index (χ0n) is 22.8. The van der Waals surface area contributed by atoms with Crippen LogP contribution < -0.4 is 10.6 Å². The molecule has 1 heterocycles. The van der Waals surface area contributed by atoms with Crippen molar-refractivity contribution in [2.75, 3.05) is 32.0 Å². The first-order valence-corrected chi connectivity index (χ1v) is 13.6. The molecule has 0 spiro atoms. The molecule has 9 heteroatoms. The van der Waals surface area contributed by atoms with Gasteiger partial charge in [-0.1, -0.05) is 25.0 Å². The van der Waals surface area contributed by atoms with E-state index in [1.54, 1.807) is 29.2 Å². The maximum Gasteiger partial charge on any atom is 0.319 e. The number of carbonyl (C=O) groups is 4.